The zero-order valence-electron chi connectivity index (χ0n) is 14.0. The summed E-state index contributed by atoms with van der Waals surface area (Å²) < 4.78 is 5.87. The van der Waals surface area contributed by atoms with Crippen LogP contribution in [0.25, 0.3) is 11.0 Å². The molecule has 1 N–H and O–H groups in total. The predicted molar refractivity (Wildman–Crippen MR) is 93.1 cm³/mol. The fraction of sp³-hybridized carbons (Fsp3) is 0.263. The molecule has 5 nitrogen and oxygen atoms in total. The third-order valence-corrected chi connectivity index (χ3v) is 4.21. The highest BCUT2D eigenvalue weighted by Crippen LogP contribution is 2.28. The summed E-state index contributed by atoms with van der Waals surface area (Å²) in [5.74, 6) is 0.404. The van der Waals surface area contributed by atoms with Crippen LogP contribution in [0.3, 0.4) is 0 Å². The number of carbonyl (C=O) groups excluding carboxylic acids is 1. The molecule has 1 atom stereocenters. The molecular formula is C19H20N2O3. The van der Waals surface area contributed by atoms with Crippen LogP contribution >= 0.6 is 0 Å². The number of H-pyrrole nitrogens is 1. The number of nitrogens with one attached hydrogen (secondary N) is 1. The molecule has 2 heterocycles. The van der Waals surface area contributed by atoms with Crippen LogP contribution in [-0.2, 0) is 0 Å². The van der Waals surface area contributed by atoms with Gasteiger partial charge in [-0.3, -0.25) is 9.59 Å². The van der Waals surface area contributed by atoms with E-state index >= 15 is 0 Å². The minimum Gasteiger partial charge on any atom is -0.459 e. The highest BCUT2D eigenvalue weighted by Gasteiger charge is 2.25. The maximum absolute atomic E-state index is 12.8. The van der Waals surface area contributed by atoms with Gasteiger partial charge >= 0.3 is 0 Å². The fourth-order valence-electron chi connectivity index (χ4n) is 2.85. The Morgan fingerprint density at radius 1 is 1.25 bits per heavy atom. The molecule has 0 fully saturated rings. The van der Waals surface area contributed by atoms with Crippen molar-refractivity contribution in [1.82, 2.24) is 9.88 Å². The molecule has 0 radical (unpaired) electrons. The Bertz CT molecular complexity index is 906. The summed E-state index contributed by atoms with van der Waals surface area (Å²) in [4.78, 5) is 29.2. The van der Waals surface area contributed by atoms with E-state index in [0.717, 1.165) is 16.7 Å². The number of amides is 1. The van der Waals surface area contributed by atoms with E-state index in [-0.39, 0.29) is 23.1 Å². The molecule has 124 valence electrons. The van der Waals surface area contributed by atoms with Gasteiger partial charge in [0.15, 0.2) is 0 Å². The summed E-state index contributed by atoms with van der Waals surface area (Å²) in [5.41, 5.74) is 1.29. The Labute approximate surface area is 139 Å². The summed E-state index contributed by atoms with van der Waals surface area (Å²) in [5, 5.41) is 0.996. The van der Waals surface area contributed by atoms with Crippen molar-refractivity contribution in [3.8, 4) is 0 Å². The van der Waals surface area contributed by atoms with Gasteiger partial charge in [-0.05, 0) is 45.0 Å². The van der Waals surface area contributed by atoms with Crippen LogP contribution in [0.15, 0.2) is 51.7 Å². The maximum atomic E-state index is 12.8. The number of para-hydroxylation sites is 1. The number of benzene rings is 1. The van der Waals surface area contributed by atoms with Crippen molar-refractivity contribution >= 4 is 16.9 Å². The first kappa shape index (κ1) is 16.1. The number of pyridine rings is 1. The van der Waals surface area contributed by atoms with E-state index < -0.39 is 0 Å². The van der Waals surface area contributed by atoms with Crippen molar-refractivity contribution in [3.05, 3.63) is 69.8 Å². The number of aromatic nitrogens is 1. The third kappa shape index (κ3) is 2.85. The summed E-state index contributed by atoms with van der Waals surface area (Å²) in [6, 6.07) is 12.7. The predicted octanol–water partition coefficient (Wildman–Crippen LogP) is 3.65. The van der Waals surface area contributed by atoms with Crippen LogP contribution < -0.4 is 5.56 Å². The van der Waals surface area contributed by atoms with Crippen molar-refractivity contribution in [1.29, 1.82) is 0 Å². The molecule has 5 heteroatoms. The lowest BCUT2D eigenvalue weighted by atomic mass is 10.1. The van der Waals surface area contributed by atoms with E-state index in [1.54, 1.807) is 24.0 Å². The van der Waals surface area contributed by atoms with E-state index in [9.17, 15) is 9.59 Å². The molecule has 3 aromatic rings. The third-order valence-electron chi connectivity index (χ3n) is 4.21. The van der Waals surface area contributed by atoms with Crippen LogP contribution in [0.2, 0.25) is 0 Å². The highest BCUT2D eigenvalue weighted by atomic mass is 16.3. The lowest BCUT2D eigenvalue weighted by Crippen LogP contribution is -2.36. The summed E-state index contributed by atoms with van der Waals surface area (Å²) in [7, 11) is 0. The zero-order chi connectivity index (χ0) is 17.3. The number of aromatic amines is 1. The summed E-state index contributed by atoms with van der Waals surface area (Å²) in [6.07, 6.45) is 0. The molecule has 1 unspecified atom stereocenters. The SMILES string of the molecule is CCN(C(=O)c1ccc(C)[nH]c1=O)C(C)c1cc2ccccc2o1. The molecule has 24 heavy (non-hydrogen) atoms. The van der Waals surface area contributed by atoms with Crippen molar-refractivity contribution in [2.75, 3.05) is 6.54 Å². The number of aryl methyl sites for hydroxylation is 1. The molecule has 0 saturated carbocycles. The first-order valence-corrected chi connectivity index (χ1v) is 8.00. The quantitative estimate of drug-likeness (QED) is 0.796. The van der Waals surface area contributed by atoms with Crippen molar-refractivity contribution in [3.63, 3.8) is 0 Å². The normalized spacial score (nSPS) is 12.3. The van der Waals surface area contributed by atoms with Gasteiger partial charge in [0.1, 0.15) is 16.9 Å². The van der Waals surface area contributed by atoms with Gasteiger partial charge in [0.2, 0.25) is 0 Å². The number of nitrogens with zero attached hydrogens (tertiary/aromatic N) is 1. The number of rotatable bonds is 4. The molecule has 0 aliphatic rings. The summed E-state index contributed by atoms with van der Waals surface area (Å²) in [6.45, 7) is 6.05. The number of hydrogen-bond donors (Lipinski definition) is 1. The number of hydrogen-bond acceptors (Lipinski definition) is 3. The first-order valence-electron chi connectivity index (χ1n) is 8.00. The highest BCUT2D eigenvalue weighted by molar-refractivity contribution is 5.94. The van der Waals surface area contributed by atoms with Gasteiger partial charge in [0.25, 0.3) is 11.5 Å². The number of furan rings is 1. The van der Waals surface area contributed by atoms with Gasteiger partial charge in [-0.2, -0.15) is 0 Å². The van der Waals surface area contributed by atoms with Crippen molar-refractivity contribution in [2.24, 2.45) is 0 Å². The largest absolute Gasteiger partial charge is 0.459 e. The number of carbonyl (C=O) groups is 1. The standard InChI is InChI=1S/C19H20N2O3/c1-4-21(19(23)15-10-9-12(2)20-18(15)22)13(3)17-11-14-7-5-6-8-16(14)24-17/h5-11,13H,4H2,1-3H3,(H,20,22). The Morgan fingerprint density at radius 3 is 2.67 bits per heavy atom. The van der Waals surface area contributed by atoms with Gasteiger partial charge in [-0.1, -0.05) is 18.2 Å². The first-order chi connectivity index (χ1) is 11.5. The second kappa shape index (κ2) is 6.35. The van der Waals surface area contributed by atoms with E-state index in [0.29, 0.717) is 12.3 Å². The average Bonchev–Trinajstić information content (AvgIpc) is 2.99. The van der Waals surface area contributed by atoms with Gasteiger partial charge in [0, 0.05) is 17.6 Å². The zero-order valence-corrected chi connectivity index (χ0v) is 14.0. The Hall–Kier alpha value is -2.82. The maximum Gasteiger partial charge on any atom is 0.260 e. The Morgan fingerprint density at radius 2 is 2.00 bits per heavy atom. The molecular weight excluding hydrogens is 304 g/mol. The van der Waals surface area contributed by atoms with Gasteiger partial charge in [-0.25, -0.2) is 0 Å². The molecule has 3 rings (SSSR count). The molecule has 1 aromatic carbocycles. The van der Waals surface area contributed by atoms with E-state index in [2.05, 4.69) is 4.98 Å². The monoisotopic (exact) mass is 324 g/mol. The van der Waals surface area contributed by atoms with Gasteiger partial charge in [-0.15, -0.1) is 0 Å². The topological polar surface area (TPSA) is 66.3 Å². The second-order valence-electron chi connectivity index (χ2n) is 5.84. The van der Waals surface area contributed by atoms with Gasteiger partial charge < -0.3 is 14.3 Å². The van der Waals surface area contributed by atoms with Gasteiger partial charge in [0.05, 0.1) is 6.04 Å². The van der Waals surface area contributed by atoms with Crippen LogP contribution in [0, 0.1) is 6.92 Å². The van der Waals surface area contributed by atoms with Crippen molar-refractivity contribution in [2.45, 2.75) is 26.8 Å². The molecule has 0 spiro atoms. The van der Waals surface area contributed by atoms with Crippen LogP contribution in [0.5, 0.6) is 0 Å². The molecule has 0 aliphatic heterocycles. The molecule has 2 aromatic heterocycles. The van der Waals surface area contributed by atoms with E-state index in [4.69, 9.17) is 4.42 Å². The van der Waals surface area contributed by atoms with E-state index in [1.165, 1.54) is 0 Å². The average molecular weight is 324 g/mol. The molecule has 0 saturated heterocycles. The molecule has 0 bridgehead atoms. The Kier molecular flexibility index (Phi) is 4.25. The minimum atomic E-state index is -0.366. The molecule has 1 amide bonds. The minimum absolute atomic E-state index is 0.144. The fourth-order valence-corrected chi connectivity index (χ4v) is 2.85. The van der Waals surface area contributed by atoms with E-state index in [1.807, 2.05) is 44.2 Å². The van der Waals surface area contributed by atoms with Crippen LogP contribution in [0.1, 0.15) is 41.7 Å². The Balaban J connectivity index is 1.94. The smallest absolute Gasteiger partial charge is 0.260 e. The van der Waals surface area contributed by atoms with Crippen LogP contribution in [0.4, 0.5) is 0 Å². The molecule has 0 aliphatic carbocycles. The lowest BCUT2D eigenvalue weighted by Gasteiger charge is -2.26. The number of fused-ring (bicyclic) bond motifs is 1. The summed E-state index contributed by atoms with van der Waals surface area (Å²) >= 11 is 0. The van der Waals surface area contributed by atoms with Crippen molar-refractivity contribution < 1.29 is 9.21 Å². The van der Waals surface area contributed by atoms with Crippen LogP contribution in [-0.4, -0.2) is 22.3 Å². The second-order valence-corrected chi connectivity index (χ2v) is 5.84. The lowest BCUT2D eigenvalue weighted by molar-refractivity contribution is 0.0682.